The maximum atomic E-state index is 11.9. The molecule has 5 heteroatoms. The molecule has 14 heavy (non-hydrogen) atoms. The van der Waals surface area contributed by atoms with Crippen molar-refractivity contribution < 1.29 is 13.2 Å². The molecule has 1 rings (SSSR count). The van der Waals surface area contributed by atoms with Gasteiger partial charge in [0.05, 0.1) is 6.54 Å². The second-order valence-corrected chi connectivity index (χ2v) is 3.88. The molecular weight excluding hydrogens is 193 g/mol. The number of rotatable bonds is 3. The lowest BCUT2D eigenvalue weighted by Gasteiger charge is -2.31. The van der Waals surface area contributed by atoms with Crippen molar-refractivity contribution in [2.24, 2.45) is 11.7 Å². The number of hydrogen-bond acceptors (Lipinski definition) is 2. The highest BCUT2D eigenvalue weighted by atomic mass is 19.4. The van der Waals surface area contributed by atoms with Gasteiger partial charge in [0.1, 0.15) is 0 Å². The summed E-state index contributed by atoms with van der Waals surface area (Å²) in [5.41, 5.74) is 5.51. The molecule has 0 aliphatic heterocycles. The molecular formula is C9H17F3N2. The molecule has 1 fully saturated rings. The van der Waals surface area contributed by atoms with Gasteiger partial charge < -0.3 is 11.1 Å². The Morgan fingerprint density at radius 1 is 1.21 bits per heavy atom. The Balaban J connectivity index is 2.33. The van der Waals surface area contributed by atoms with E-state index in [-0.39, 0.29) is 12.0 Å². The lowest BCUT2D eigenvalue weighted by Crippen LogP contribution is -2.45. The zero-order valence-electron chi connectivity index (χ0n) is 8.11. The lowest BCUT2D eigenvalue weighted by atomic mass is 9.84. The summed E-state index contributed by atoms with van der Waals surface area (Å²) in [6.07, 6.45) is -0.251. The van der Waals surface area contributed by atoms with Crippen LogP contribution >= 0.6 is 0 Å². The number of nitrogens with one attached hydrogen (secondary N) is 1. The average Bonchev–Trinajstić information content (AvgIpc) is 2.14. The fourth-order valence-electron chi connectivity index (χ4n) is 2.01. The highest BCUT2D eigenvalue weighted by Crippen LogP contribution is 2.24. The number of alkyl halides is 3. The second-order valence-electron chi connectivity index (χ2n) is 3.88. The van der Waals surface area contributed by atoms with Crippen molar-refractivity contribution in [1.29, 1.82) is 0 Å². The zero-order chi connectivity index (χ0) is 10.6. The SMILES string of the molecule is NCC1CCCCC1NCC(F)(F)F. The van der Waals surface area contributed by atoms with Gasteiger partial charge >= 0.3 is 6.18 Å². The van der Waals surface area contributed by atoms with Crippen molar-refractivity contribution in [3.05, 3.63) is 0 Å². The molecule has 0 aromatic heterocycles. The first kappa shape index (κ1) is 11.8. The molecule has 2 unspecified atom stereocenters. The molecule has 1 aliphatic carbocycles. The van der Waals surface area contributed by atoms with Crippen molar-refractivity contribution >= 4 is 0 Å². The van der Waals surface area contributed by atoms with Crippen LogP contribution in [0.2, 0.25) is 0 Å². The third-order valence-electron chi connectivity index (χ3n) is 2.78. The molecule has 0 aromatic carbocycles. The van der Waals surface area contributed by atoms with Crippen LogP contribution in [0.4, 0.5) is 13.2 Å². The van der Waals surface area contributed by atoms with Crippen molar-refractivity contribution in [1.82, 2.24) is 5.32 Å². The Hall–Kier alpha value is -0.290. The molecule has 2 nitrogen and oxygen atoms in total. The smallest absolute Gasteiger partial charge is 0.330 e. The topological polar surface area (TPSA) is 38.0 Å². The van der Waals surface area contributed by atoms with E-state index in [4.69, 9.17) is 5.73 Å². The van der Waals surface area contributed by atoms with Crippen LogP contribution < -0.4 is 11.1 Å². The van der Waals surface area contributed by atoms with Crippen molar-refractivity contribution in [2.45, 2.75) is 37.9 Å². The minimum absolute atomic E-state index is 0.0459. The van der Waals surface area contributed by atoms with Crippen molar-refractivity contribution in [2.75, 3.05) is 13.1 Å². The predicted molar refractivity (Wildman–Crippen MR) is 48.9 cm³/mol. The van der Waals surface area contributed by atoms with Crippen molar-refractivity contribution in [3.63, 3.8) is 0 Å². The Bertz CT molecular complexity index is 170. The van der Waals surface area contributed by atoms with Crippen LogP contribution in [-0.2, 0) is 0 Å². The van der Waals surface area contributed by atoms with Crippen molar-refractivity contribution in [3.8, 4) is 0 Å². The van der Waals surface area contributed by atoms with E-state index in [2.05, 4.69) is 5.32 Å². The van der Waals surface area contributed by atoms with E-state index < -0.39 is 12.7 Å². The molecule has 0 heterocycles. The molecule has 3 N–H and O–H groups in total. The molecule has 1 aliphatic rings. The van der Waals surface area contributed by atoms with Gasteiger partial charge in [0.15, 0.2) is 0 Å². The highest BCUT2D eigenvalue weighted by Gasteiger charge is 2.31. The minimum atomic E-state index is -4.11. The second kappa shape index (κ2) is 4.98. The van der Waals surface area contributed by atoms with Crippen LogP contribution in [0.25, 0.3) is 0 Å². The molecule has 0 radical (unpaired) electrons. The third-order valence-corrected chi connectivity index (χ3v) is 2.78. The van der Waals surface area contributed by atoms with Gasteiger partial charge in [0.25, 0.3) is 0 Å². The van der Waals surface area contributed by atoms with E-state index >= 15 is 0 Å². The summed E-state index contributed by atoms with van der Waals surface area (Å²) in [7, 11) is 0. The van der Waals surface area contributed by atoms with Gasteiger partial charge in [-0.1, -0.05) is 12.8 Å². The molecule has 2 atom stereocenters. The Kier molecular flexibility index (Phi) is 4.19. The molecule has 84 valence electrons. The maximum absolute atomic E-state index is 11.9. The molecule has 0 spiro atoms. The van der Waals surface area contributed by atoms with Gasteiger partial charge in [-0.3, -0.25) is 0 Å². The van der Waals surface area contributed by atoms with Crippen LogP contribution in [0.5, 0.6) is 0 Å². The van der Waals surface area contributed by atoms with E-state index in [1.165, 1.54) is 0 Å². The Morgan fingerprint density at radius 3 is 2.43 bits per heavy atom. The fourth-order valence-corrected chi connectivity index (χ4v) is 2.01. The summed E-state index contributed by atoms with van der Waals surface area (Å²) >= 11 is 0. The number of halogens is 3. The van der Waals surface area contributed by atoms with Gasteiger partial charge in [0.2, 0.25) is 0 Å². The van der Waals surface area contributed by atoms with Crippen LogP contribution in [0.15, 0.2) is 0 Å². The van der Waals surface area contributed by atoms with E-state index in [1.807, 2.05) is 0 Å². The monoisotopic (exact) mass is 210 g/mol. The maximum Gasteiger partial charge on any atom is 0.401 e. The fraction of sp³-hybridized carbons (Fsp3) is 1.00. The lowest BCUT2D eigenvalue weighted by molar-refractivity contribution is -0.127. The molecule has 0 amide bonds. The largest absolute Gasteiger partial charge is 0.401 e. The van der Waals surface area contributed by atoms with Crippen LogP contribution in [0, 0.1) is 5.92 Å². The van der Waals surface area contributed by atoms with E-state index in [0.29, 0.717) is 6.54 Å². The summed E-state index contributed by atoms with van der Waals surface area (Å²) in [4.78, 5) is 0. The summed E-state index contributed by atoms with van der Waals surface area (Å²) in [6, 6.07) is -0.0459. The molecule has 1 saturated carbocycles. The Morgan fingerprint density at radius 2 is 1.86 bits per heavy atom. The van der Waals surface area contributed by atoms with Crippen LogP contribution in [0.3, 0.4) is 0 Å². The number of nitrogens with two attached hydrogens (primary N) is 1. The van der Waals surface area contributed by atoms with E-state index in [9.17, 15) is 13.2 Å². The van der Waals surface area contributed by atoms with E-state index in [0.717, 1.165) is 25.7 Å². The third kappa shape index (κ3) is 3.84. The van der Waals surface area contributed by atoms with Gasteiger partial charge in [-0.25, -0.2) is 0 Å². The van der Waals surface area contributed by atoms with E-state index in [1.54, 1.807) is 0 Å². The van der Waals surface area contributed by atoms with Gasteiger partial charge in [0, 0.05) is 6.04 Å². The Labute approximate surface area is 82.0 Å². The number of hydrogen-bond donors (Lipinski definition) is 2. The molecule has 0 aromatic rings. The first-order chi connectivity index (χ1) is 6.53. The van der Waals surface area contributed by atoms with Gasteiger partial charge in [-0.05, 0) is 25.3 Å². The summed E-state index contributed by atoms with van der Waals surface area (Å²) < 4.78 is 35.8. The standard InChI is InChI=1S/C9H17F3N2/c10-9(11,12)6-14-8-4-2-1-3-7(8)5-13/h7-8,14H,1-6,13H2. The minimum Gasteiger partial charge on any atom is -0.330 e. The summed E-state index contributed by atoms with van der Waals surface area (Å²) in [6.45, 7) is -0.413. The van der Waals surface area contributed by atoms with Gasteiger partial charge in [-0.15, -0.1) is 0 Å². The highest BCUT2D eigenvalue weighted by molar-refractivity contribution is 4.82. The van der Waals surface area contributed by atoms with Crippen LogP contribution in [0.1, 0.15) is 25.7 Å². The molecule has 0 bridgehead atoms. The summed E-state index contributed by atoms with van der Waals surface area (Å²) in [5.74, 6) is 0.214. The normalized spacial score (nSPS) is 29.1. The van der Waals surface area contributed by atoms with Crippen LogP contribution in [-0.4, -0.2) is 25.3 Å². The average molecular weight is 210 g/mol. The first-order valence-corrected chi connectivity index (χ1v) is 5.03. The predicted octanol–water partition coefficient (Wildman–Crippen LogP) is 1.66. The zero-order valence-corrected chi connectivity index (χ0v) is 8.11. The quantitative estimate of drug-likeness (QED) is 0.743. The molecule has 0 saturated heterocycles. The first-order valence-electron chi connectivity index (χ1n) is 5.03. The van der Waals surface area contributed by atoms with Gasteiger partial charge in [-0.2, -0.15) is 13.2 Å². The summed E-state index contributed by atoms with van der Waals surface area (Å²) in [5, 5.41) is 2.56.